The highest BCUT2D eigenvalue weighted by molar-refractivity contribution is 5.93. The molecular formula is C25H21FN4O2. The lowest BCUT2D eigenvalue weighted by atomic mass is 9.85. The molecule has 1 aromatic carbocycles. The summed E-state index contributed by atoms with van der Waals surface area (Å²) in [5.74, 6) is 0.0513. The minimum atomic E-state index is -0.395. The Bertz CT molecular complexity index is 1450. The molecule has 2 bridgehead atoms. The number of hydrogen-bond acceptors (Lipinski definition) is 4. The van der Waals surface area contributed by atoms with Crippen LogP contribution in [0, 0.1) is 5.82 Å². The molecule has 0 radical (unpaired) electrons. The maximum absolute atomic E-state index is 13.0. The van der Waals surface area contributed by atoms with Gasteiger partial charge in [-0.05, 0) is 48.7 Å². The van der Waals surface area contributed by atoms with E-state index in [1.807, 2.05) is 6.07 Å². The van der Waals surface area contributed by atoms with Crippen molar-refractivity contribution in [3.8, 4) is 11.4 Å². The monoisotopic (exact) mass is 428 g/mol. The predicted molar refractivity (Wildman–Crippen MR) is 120 cm³/mol. The largest absolute Gasteiger partial charge is 0.487 e. The van der Waals surface area contributed by atoms with Gasteiger partial charge in [0.15, 0.2) is 0 Å². The van der Waals surface area contributed by atoms with Crippen LogP contribution in [0.4, 0.5) is 4.39 Å². The second-order valence-electron chi connectivity index (χ2n) is 8.28. The van der Waals surface area contributed by atoms with Gasteiger partial charge in [-0.3, -0.25) is 14.3 Å². The summed E-state index contributed by atoms with van der Waals surface area (Å²) >= 11 is 0. The number of aryl methyl sites for hydroxylation is 1. The maximum Gasteiger partial charge on any atom is 0.258 e. The van der Waals surface area contributed by atoms with E-state index in [1.54, 1.807) is 22.9 Å². The molecule has 0 amide bonds. The number of ether oxygens (including phenoxy) is 1. The molecule has 1 N–H and O–H groups in total. The predicted octanol–water partition coefficient (Wildman–Crippen LogP) is 4.22. The van der Waals surface area contributed by atoms with Crippen molar-refractivity contribution in [1.82, 2.24) is 19.4 Å². The molecule has 5 heterocycles. The summed E-state index contributed by atoms with van der Waals surface area (Å²) in [4.78, 5) is 16.8. The molecular weight excluding hydrogens is 407 g/mol. The number of aromatic nitrogens is 3. The van der Waals surface area contributed by atoms with Crippen molar-refractivity contribution in [2.45, 2.75) is 25.5 Å². The molecule has 2 aliphatic heterocycles. The lowest BCUT2D eigenvalue weighted by Crippen LogP contribution is -2.26. The van der Waals surface area contributed by atoms with Gasteiger partial charge in [0.25, 0.3) is 5.56 Å². The van der Waals surface area contributed by atoms with E-state index in [2.05, 4.69) is 40.2 Å². The average Bonchev–Trinajstić information content (AvgIpc) is 3.14. The Morgan fingerprint density at radius 3 is 2.88 bits per heavy atom. The Morgan fingerprint density at radius 2 is 2.12 bits per heavy atom. The first-order valence-electron chi connectivity index (χ1n) is 10.6. The molecule has 6 nitrogen and oxygen atoms in total. The highest BCUT2D eigenvalue weighted by Gasteiger charge is 2.32. The third-order valence-electron chi connectivity index (χ3n) is 6.38. The van der Waals surface area contributed by atoms with Crippen molar-refractivity contribution in [3.63, 3.8) is 0 Å². The van der Waals surface area contributed by atoms with Crippen LogP contribution in [0.15, 0.2) is 65.9 Å². The number of fused-ring (bicyclic) bond motifs is 3. The normalized spacial score (nSPS) is 16.6. The SMILES string of the molecule is Cn1c2c(c3ccc(-n4ccc(OCc5ccc(F)cn5)cc4=O)cc31)C1CCC2=CN1. The number of benzene rings is 1. The van der Waals surface area contributed by atoms with Crippen LogP contribution in [-0.2, 0) is 13.7 Å². The number of pyridine rings is 2. The molecule has 3 aliphatic rings. The first-order chi connectivity index (χ1) is 15.6. The standard InChI is InChI=1S/C25H21FN4O2/c1-29-22-10-18(5-6-20(22)24-21-7-2-15(12-28-21)25(24)29)30-9-8-19(11-23(30)31)32-14-17-4-3-16(26)13-27-17/h3-6,8-13,21,28H,2,7,14H2,1H3. The van der Waals surface area contributed by atoms with Gasteiger partial charge in [-0.25, -0.2) is 4.39 Å². The molecule has 1 aliphatic carbocycles. The number of nitrogens with zero attached hydrogens (tertiary/aromatic N) is 3. The third kappa shape index (κ3) is 2.92. The summed E-state index contributed by atoms with van der Waals surface area (Å²) < 4.78 is 22.5. The molecule has 7 heteroatoms. The van der Waals surface area contributed by atoms with E-state index in [0.717, 1.165) is 30.2 Å². The maximum atomic E-state index is 13.0. The van der Waals surface area contributed by atoms with Gasteiger partial charge in [-0.1, -0.05) is 6.07 Å². The fourth-order valence-corrected chi connectivity index (χ4v) is 4.83. The van der Waals surface area contributed by atoms with Crippen LogP contribution in [-0.4, -0.2) is 14.1 Å². The third-order valence-corrected chi connectivity index (χ3v) is 6.38. The minimum Gasteiger partial charge on any atom is -0.487 e. The zero-order chi connectivity index (χ0) is 21.8. The Kier molecular flexibility index (Phi) is 4.18. The fraction of sp³-hybridized carbons (Fsp3) is 0.200. The first kappa shape index (κ1) is 18.9. The Hall–Kier alpha value is -3.87. The average molecular weight is 428 g/mol. The summed E-state index contributed by atoms with van der Waals surface area (Å²) in [6, 6.07) is 12.6. The van der Waals surface area contributed by atoms with Gasteiger partial charge in [0.1, 0.15) is 18.2 Å². The molecule has 0 spiro atoms. The van der Waals surface area contributed by atoms with Crippen molar-refractivity contribution < 1.29 is 9.13 Å². The van der Waals surface area contributed by atoms with Crippen molar-refractivity contribution in [1.29, 1.82) is 0 Å². The zero-order valence-corrected chi connectivity index (χ0v) is 17.5. The summed E-state index contributed by atoms with van der Waals surface area (Å²) in [5, 5.41) is 4.73. The molecule has 0 fully saturated rings. The molecule has 0 saturated heterocycles. The topological polar surface area (TPSA) is 61.1 Å². The second kappa shape index (κ2) is 7.09. The van der Waals surface area contributed by atoms with E-state index >= 15 is 0 Å². The van der Waals surface area contributed by atoms with Crippen LogP contribution in [0.5, 0.6) is 5.75 Å². The van der Waals surface area contributed by atoms with Gasteiger partial charge < -0.3 is 14.6 Å². The number of halogens is 1. The molecule has 4 aromatic rings. The first-order valence-corrected chi connectivity index (χ1v) is 10.6. The summed E-state index contributed by atoms with van der Waals surface area (Å²) in [7, 11) is 2.09. The van der Waals surface area contributed by atoms with Crippen molar-refractivity contribution in [2.24, 2.45) is 7.05 Å². The highest BCUT2D eigenvalue weighted by atomic mass is 19.1. The van der Waals surface area contributed by atoms with Gasteiger partial charge in [0.2, 0.25) is 0 Å². The number of allylic oxidation sites excluding steroid dienone is 1. The number of hydrogen-bond donors (Lipinski definition) is 1. The van der Waals surface area contributed by atoms with Crippen LogP contribution in [0.2, 0.25) is 0 Å². The Balaban J connectivity index is 1.32. The quantitative estimate of drug-likeness (QED) is 0.529. The van der Waals surface area contributed by atoms with Crippen molar-refractivity contribution >= 4 is 16.5 Å². The van der Waals surface area contributed by atoms with Gasteiger partial charge in [0, 0.05) is 36.5 Å². The number of rotatable bonds is 4. The molecule has 0 saturated carbocycles. The van der Waals surface area contributed by atoms with E-state index in [0.29, 0.717) is 17.5 Å². The lowest BCUT2D eigenvalue weighted by molar-refractivity contribution is 0.300. The van der Waals surface area contributed by atoms with Crippen molar-refractivity contribution in [3.05, 3.63) is 94.2 Å². The van der Waals surface area contributed by atoms with E-state index in [9.17, 15) is 9.18 Å². The molecule has 7 rings (SSSR count). The van der Waals surface area contributed by atoms with E-state index in [4.69, 9.17) is 4.74 Å². The Morgan fingerprint density at radius 1 is 1.22 bits per heavy atom. The highest BCUT2D eigenvalue weighted by Crippen LogP contribution is 2.45. The zero-order valence-electron chi connectivity index (χ0n) is 17.5. The van der Waals surface area contributed by atoms with Crippen LogP contribution in [0.1, 0.15) is 35.8 Å². The molecule has 3 aromatic heterocycles. The summed E-state index contributed by atoms with van der Waals surface area (Å²) in [6.07, 6.45) is 7.21. The second-order valence-corrected chi connectivity index (χ2v) is 8.28. The van der Waals surface area contributed by atoms with Crippen LogP contribution in [0.3, 0.4) is 0 Å². The number of nitrogens with one attached hydrogen (secondary N) is 1. The van der Waals surface area contributed by atoms with Gasteiger partial charge in [-0.2, -0.15) is 0 Å². The van der Waals surface area contributed by atoms with Crippen LogP contribution in [0.25, 0.3) is 22.2 Å². The van der Waals surface area contributed by atoms with Gasteiger partial charge in [-0.15, -0.1) is 0 Å². The van der Waals surface area contributed by atoms with E-state index in [-0.39, 0.29) is 12.2 Å². The lowest BCUT2D eigenvalue weighted by Gasteiger charge is -2.32. The molecule has 32 heavy (non-hydrogen) atoms. The van der Waals surface area contributed by atoms with Crippen molar-refractivity contribution in [2.75, 3.05) is 0 Å². The van der Waals surface area contributed by atoms with E-state index in [1.165, 1.54) is 34.3 Å². The Labute approximate surface area is 183 Å². The fourth-order valence-electron chi connectivity index (χ4n) is 4.83. The van der Waals surface area contributed by atoms with E-state index < -0.39 is 5.82 Å². The van der Waals surface area contributed by atoms with Crippen LogP contribution >= 0.6 is 0 Å². The molecule has 1 unspecified atom stereocenters. The smallest absolute Gasteiger partial charge is 0.258 e. The molecule has 1 atom stereocenters. The van der Waals surface area contributed by atoms with Gasteiger partial charge in [0.05, 0.1) is 34.8 Å². The minimum absolute atomic E-state index is 0.162. The molecule has 160 valence electrons. The van der Waals surface area contributed by atoms with Gasteiger partial charge >= 0.3 is 0 Å². The van der Waals surface area contributed by atoms with Crippen LogP contribution < -0.4 is 15.6 Å². The summed E-state index contributed by atoms with van der Waals surface area (Å²) in [6.45, 7) is 0.162. The summed E-state index contributed by atoms with van der Waals surface area (Å²) in [5.41, 5.74) is 6.34.